The molecule has 2 aromatic rings. The third-order valence-corrected chi connectivity index (χ3v) is 3.87. The predicted molar refractivity (Wildman–Crippen MR) is 75.5 cm³/mol. The molecular weight excluding hydrogens is 281 g/mol. The van der Waals surface area contributed by atoms with Crippen molar-refractivity contribution in [2.24, 2.45) is 5.84 Å². The molecule has 0 saturated heterocycles. The fraction of sp³-hybridized carbons (Fsp3) is 0.154. The number of rotatable bonds is 4. The van der Waals surface area contributed by atoms with Crippen LogP contribution in [0.2, 0.25) is 0 Å². The van der Waals surface area contributed by atoms with Gasteiger partial charge in [-0.25, -0.2) is 10.2 Å². The summed E-state index contributed by atoms with van der Waals surface area (Å²) in [5.41, 5.74) is 8.99. The van der Waals surface area contributed by atoms with Gasteiger partial charge in [0.2, 0.25) is 0 Å². The summed E-state index contributed by atoms with van der Waals surface area (Å²) in [6, 6.07) is 5.88. The number of nitrogens with two attached hydrogens (primary N) is 2. The molecule has 20 heavy (non-hydrogen) atoms. The predicted octanol–water partition coefficient (Wildman–Crippen LogP) is 2.21. The fourth-order valence-electron chi connectivity index (χ4n) is 1.65. The van der Waals surface area contributed by atoms with E-state index in [2.05, 4.69) is 0 Å². The summed E-state index contributed by atoms with van der Waals surface area (Å²) in [7, 11) is 0. The highest BCUT2D eigenvalue weighted by Gasteiger charge is 2.14. The van der Waals surface area contributed by atoms with Crippen molar-refractivity contribution in [3.05, 3.63) is 47.2 Å². The van der Waals surface area contributed by atoms with Crippen LogP contribution in [0, 0.1) is 12.7 Å². The van der Waals surface area contributed by atoms with Crippen LogP contribution in [0.3, 0.4) is 0 Å². The largest absolute Gasteiger partial charge is 0.456 e. The van der Waals surface area contributed by atoms with Gasteiger partial charge < -0.3 is 10.2 Å². The van der Waals surface area contributed by atoms with Crippen LogP contribution in [0.4, 0.5) is 10.1 Å². The van der Waals surface area contributed by atoms with Crippen LogP contribution in [0.15, 0.2) is 33.6 Å². The second-order valence-corrected chi connectivity index (χ2v) is 5.15. The van der Waals surface area contributed by atoms with Crippen molar-refractivity contribution in [1.82, 2.24) is 5.43 Å². The second kappa shape index (κ2) is 5.98. The Bertz CT molecular complexity index is 643. The second-order valence-electron chi connectivity index (χ2n) is 4.14. The van der Waals surface area contributed by atoms with E-state index in [1.807, 2.05) is 5.43 Å². The number of carbonyl (C=O) groups excluding carboxylic acids is 1. The Kier molecular flexibility index (Phi) is 4.31. The van der Waals surface area contributed by atoms with E-state index < -0.39 is 5.91 Å². The molecule has 1 aromatic carbocycles. The normalized spacial score (nSPS) is 10.6. The van der Waals surface area contributed by atoms with Gasteiger partial charge in [-0.1, -0.05) is 0 Å². The topological polar surface area (TPSA) is 94.3 Å². The van der Waals surface area contributed by atoms with Crippen molar-refractivity contribution in [3.8, 4) is 0 Å². The minimum Gasteiger partial charge on any atom is -0.456 e. The van der Waals surface area contributed by atoms with Crippen LogP contribution in [-0.2, 0) is 5.75 Å². The molecular formula is C13H14FN3O2S. The number of aryl methyl sites for hydroxylation is 1. The smallest absolute Gasteiger partial charge is 0.300 e. The van der Waals surface area contributed by atoms with Gasteiger partial charge in [-0.05, 0) is 31.2 Å². The average Bonchev–Trinajstić information content (AvgIpc) is 2.78. The number of amides is 1. The van der Waals surface area contributed by atoms with Crippen LogP contribution in [0.1, 0.15) is 21.9 Å². The molecule has 0 atom stereocenters. The van der Waals surface area contributed by atoms with Crippen molar-refractivity contribution >= 4 is 23.4 Å². The van der Waals surface area contributed by atoms with Crippen molar-refractivity contribution in [2.75, 3.05) is 5.73 Å². The molecule has 1 amide bonds. The minimum atomic E-state index is -0.481. The first kappa shape index (κ1) is 14.4. The number of nitrogens with one attached hydrogen (secondary N) is 1. The Balaban J connectivity index is 2.11. The lowest BCUT2D eigenvalue weighted by Gasteiger charge is -2.04. The van der Waals surface area contributed by atoms with Gasteiger partial charge in [-0.2, -0.15) is 0 Å². The SMILES string of the molecule is Cc1oc(C(=O)NN)cc1CSc1ccc(F)cc1N. The number of anilines is 1. The maximum atomic E-state index is 12.9. The monoisotopic (exact) mass is 295 g/mol. The van der Waals surface area contributed by atoms with E-state index in [1.54, 1.807) is 19.1 Å². The number of furan rings is 1. The number of carbonyl (C=O) groups is 1. The lowest BCUT2D eigenvalue weighted by molar-refractivity contribution is 0.0924. The van der Waals surface area contributed by atoms with Crippen molar-refractivity contribution in [3.63, 3.8) is 0 Å². The zero-order valence-corrected chi connectivity index (χ0v) is 11.6. The Morgan fingerprint density at radius 3 is 2.85 bits per heavy atom. The van der Waals surface area contributed by atoms with Crippen molar-refractivity contribution in [1.29, 1.82) is 0 Å². The number of halogens is 1. The summed E-state index contributed by atoms with van der Waals surface area (Å²) >= 11 is 1.44. The summed E-state index contributed by atoms with van der Waals surface area (Å²) in [4.78, 5) is 12.1. The maximum Gasteiger partial charge on any atom is 0.300 e. The van der Waals surface area contributed by atoms with E-state index in [1.165, 1.54) is 23.9 Å². The highest BCUT2D eigenvalue weighted by Crippen LogP contribution is 2.30. The molecule has 5 N–H and O–H groups in total. The van der Waals surface area contributed by atoms with Crippen LogP contribution in [0.25, 0.3) is 0 Å². The van der Waals surface area contributed by atoms with Gasteiger partial charge in [-0.15, -0.1) is 11.8 Å². The molecule has 7 heteroatoms. The number of benzene rings is 1. The van der Waals surface area contributed by atoms with Crippen LogP contribution < -0.4 is 17.0 Å². The zero-order valence-electron chi connectivity index (χ0n) is 10.8. The van der Waals surface area contributed by atoms with E-state index in [4.69, 9.17) is 16.0 Å². The van der Waals surface area contributed by atoms with E-state index >= 15 is 0 Å². The van der Waals surface area contributed by atoms with Gasteiger partial charge in [0.05, 0.1) is 0 Å². The van der Waals surface area contributed by atoms with Gasteiger partial charge >= 0.3 is 5.91 Å². The van der Waals surface area contributed by atoms with E-state index in [0.29, 0.717) is 17.2 Å². The Hall–Kier alpha value is -1.99. The first-order valence-corrected chi connectivity index (χ1v) is 6.78. The molecule has 106 valence electrons. The van der Waals surface area contributed by atoms with Crippen molar-refractivity contribution in [2.45, 2.75) is 17.6 Å². The van der Waals surface area contributed by atoms with Gasteiger partial charge in [0.25, 0.3) is 0 Å². The average molecular weight is 295 g/mol. The molecule has 0 aliphatic heterocycles. The Morgan fingerprint density at radius 2 is 2.20 bits per heavy atom. The van der Waals surface area contributed by atoms with Gasteiger partial charge in [0.15, 0.2) is 5.76 Å². The standard InChI is InChI=1S/C13H14FN3O2S/c1-7-8(4-11(19-7)13(18)17-16)6-20-12-3-2-9(14)5-10(12)15/h2-5H,6,15-16H2,1H3,(H,17,18). The molecule has 0 aliphatic rings. The summed E-state index contributed by atoms with van der Waals surface area (Å²) in [5.74, 6) is 5.55. The number of hydrogen-bond acceptors (Lipinski definition) is 5. The fourth-order valence-corrected chi connectivity index (χ4v) is 2.64. The lowest BCUT2D eigenvalue weighted by atomic mass is 10.3. The molecule has 0 unspecified atom stereocenters. The molecule has 0 fully saturated rings. The summed E-state index contributed by atoms with van der Waals surface area (Å²) in [5, 5.41) is 0. The van der Waals surface area contributed by atoms with E-state index in [0.717, 1.165) is 10.5 Å². The number of hydrogen-bond donors (Lipinski definition) is 3. The first-order valence-electron chi connectivity index (χ1n) is 5.79. The molecule has 2 rings (SSSR count). The zero-order chi connectivity index (χ0) is 14.7. The van der Waals surface area contributed by atoms with Crippen LogP contribution >= 0.6 is 11.8 Å². The molecule has 0 aliphatic carbocycles. The summed E-state index contributed by atoms with van der Waals surface area (Å²) in [6.45, 7) is 1.76. The molecule has 0 bridgehead atoms. The minimum absolute atomic E-state index is 0.160. The summed E-state index contributed by atoms with van der Waals surface area (Å²) < 4.78 is 18.3. The Labute approximate surface area is 119 Å². The quantitative estimate of drug-likeness (QED) is 0.264. The molecule has 1 heterocycles. The molecule has 0 saturated carbocycles. The van der Waals surface area contributed by atoms with Gasteiger partial charge in [0.1, 0.15) is 11.6 Å². The molecule has 5 nitrogen and oxygen atoms in total. The van der Waals surface area contributed by atoms with Gasteiger partial charge in [-0.3, -0.25) is 10.2 Å². The van der Waals surface area contributed by atoms with E-state index in [9.17, 15) is 9.18 Å². The third kappa shape index (κ3) is 3.12. The highest BCUT2D eigenvalue weighted by atomic mass is 32.2. The van der Waals surface area contributed by atoms with E-state index in [-0.39, 0.29) is 11.6 Å². The number of thioether (sulfide) groups is 1. The highest BCUT2D eigenvalue weighted by molar-refractivity contribution is 7.98. The lowest BCUT2D eigenvalue weighted by Crippen LogP contribution is -2.29. The van der Waals surface area contributed by atoms with Crippen LogP contribution in [0.5, 0.6) is 0 Å². The third-order valence-electron chi connectivity index (χ3n) is 2.73. The van der Waals surface area contributed by atoms with Crippen LogP contribution in [-0.4, -0.2) is 5.91 Å². The van der Waals surface area contributed by atoms with Crippen molar-refractivity contribution < 1.29 is 13.6 Å². The van der Waals surface area contributed by atoms with Gasteiger partial charge in [0, 0.05) is 21.9 Å². The maximum absolute atomic E-state index is 12.9. The molecule has 0 spiro atoms. The molecule has 0 radical (unpaired) electrons. The molecule has 1 aromatic heterocycles. The summed E-state index contributed by atoms with van der Waals surface area (Å²) in [6.07, 6.45) is 0. The first-order chi connectivity index (χ1) is 9.51. The number of nitrogen functional groups attached to an aromatic ring is 2. The number of hydrazine groups is 1. The Morgan fingerprint density at radius 1 is 1.45 bits per heavy atom.